The molecule has 0 aromatic heterocycles. The minimum absolute atomic E-state index is 0.0696. The van der Waals surface area contributed by atoms with Gasteiger partial charge in [0, 0.05) is 5.56 Å². The number of carboxylic acids is 1. The van der Waals surface area contributed by atoms with Gasteiger partial charge in [0.2, 0.25) is 5.75 Å². The van der Waals surface area contributed by atoms with Gasteiger partial charge in [0.25, 0.3) is 5.91 Å². The number of carboxylic acid groups (broad SMARTS) is 1. The van der Waals surface area contributed by atoms with Crippen molar-refractivity contribution in [2.24, 2.45) is 4.99 Å². The normalized spacial score (nSPS) is 15.4. The highest BCUT2D eigenvalue weighted by Gasteiger charge is 2.34. The number of hydrogen-bond donors (Lipinski definition) is 0. The van der Waals surface area contributed by atoms with Crippen molar-refractivity contribution in [1.29, 1.82) is 0 Å². The van der Waals surface area contributed by atoms with Crippen molar-refractivity contribution >= 4 is 40.6 Å². The van der Waals surface area contributed by atoms with Gasteiger partial charge in [0.15, 0.2) is 16.7 Å². The van der Waals surface area contributed by atoms with Crippen molar-refractivity contribution in [1.82, 2.24) is 4.90 Å². The van der Waals surface area contributed by atoms with Crippen LogP contribution in [0.3, 0.4) is 0 Å². The molecule has 0 atom stereocenters. The van der Waals surface area contributed by atoms with Gasteiger partial charge in [-0.15, -0.1) is 0 Å². The number of carbonyl (C=O) groups excluding carboxylic acids is 2. The van der Waals surface area contributed by atoms with Crippen LogP contribution in [-0.2, 0) is 11.3 Å². The third kappa shape index (κ3) is 5.21. The number of benzene rings is 3. The molecule has 8 nitrogen and oxygen atoms in total. The first-order chi connectivity index (χ1) is 17.4. The highest BCUT2D eigenvalue weighted by atomic mass is 32.2. The maximum absolute atomic E-state index is 13.5. The fraction of sp³-hybridized carbons (Fsp3) is 0.148. The molecule has 1 amide bonds. The van der Waals surface area contributed by atoms with E-state index in [0.29, 0.717) is 38.6 Å². The predicted octanol–water partition coefficient (Wildman–Crippen LogP) is 3.88. The van der Waals surface area contributed by atoms with Crippen LogP contribution >= 0.6 is 11.8 Å². The third-order valence-corrected chi connectivity index (χ3v) is 6.43. The van der Waals surface area contributed by atoms with Gasteiger partial charge in [-0.05, 0) is 53.2 Å². The van der Waals surface area contributed by atoms with Crippen molar-refractivity contribution in [3.63, 3.8) is 0 Å². The summed E-state index contributed by atoms with van der Waals surface area (Å²) in [7, 11) is 4.58. The number of hydrogen-bond acceptors (Lipinski definition) is 8. The van der Waals surface area contributed by atoms with Crippen molar-refractivity contribution in [2.45, 2.75) is 6.54 Å². The lowest BCUT2D eigenvalue weighted by atomic mass is 10.1. The molecule has 0 spiro atoms. The molecule has 0 aliphatic carbocycles. The number of carbonyl (C=O) groups is 2. The minimum atomic E-state index is -1.25. The van der Waals surface area contributed by atoms with Gasteiger partial charge >= 0.3 is 0 Å². The van der Waals surface area contributed by atoms with Crippen LogP contribution in [-0.4, -0.2) is 43.3 Å². The Morgan fingerprint density at radius 3 is 2.25 bits per heavy atom. The first kappa shape index (κ1) is 24.9. The van der Waals surface area contributed by atoms with Crippen LogP contribution in [0.2, 0.25) is 0 Å². The summed E-state index contributed by atoms with van der Waals surface area (Å²) in [4.78, 5) is 31.3. The number of amides is 1. The standard InChI is InChI=1S/C27H24N2O6S/c1-33-21-14-13-19(23(34-2)24(21)35-3)15-22-25(30)29(16-17-9-11-18(12-10-17)26(31)32)27(36-22)28-20-7-5-4-6-8-20/h4-15H,16H2,1-3H3,(H,31,32)/p-1. The lowest BCUT2D eigenvalue weighted by molar-refractivity contribution is -0.255. The zero-order valence-electron chi connectivity index (χ0n) is 19.9. The molecule has 1 heterocycles. The molecule has 0 saturated carbocycles. The Morgan fingerprint density at radius 2 is 1.64 bits per heavy atom. The second kappa shape index (κ2) is 11.0. The molecule has 184 valence electrons. The highest BCUT2D eigenvalue weighted by molar-refractivity contribution is 8.18. The summed E-state index contributed by atoms with van der Waals surface area (Å²) in [5, 5.41) is 11.6. The summed E-state index contributed by atoms with van der Waals surface area (Å²) in [5.41, 5.74) is 2.17. The quantitative estimate of drug-likeness (QED) is 0.430. The van der Waals surface area contributed by atoms with E-state index in [9.17, 15) is 14.7 Å². The number of amidine groups is 1. The fourth-order valence-corrected chi connectivity index (χ4v) is 4.64. The van der Waals surface area contributed by atoms with Gasteiger partial charge in [-0.3, -0.25) is 9.69 Å². The SMILES string of the molecule is COc1ccc(C=C2SC(=Nc3ccccc3)N(Cc3ccc(C(=O)[O-])cc3)C2=O)c(OC)c1OC. The molecule has 3 aromatic carbocycles. The van der Waals surface area contributed by atoms with Gasteiger partial charge in [0.1, 0.15) is 0 Å². The number of methoxy groups -OCH3 is 3. The highest BCUT2D eigenvalue weighted by Crippen LogP contribution is 2.42. The average molecular weight is 504 g/mol. The maximum Gasteiger partial charge on any atom is 0.267 e. The molecule has 1 aliphatic heterocycles. The summed E-state index contributed by atoms with van der Waals surface area (Å²) in [6, 6.07) is 19.1. The zero-order valence-corrected chi connectivity index (χ0v) is 20.7. The predicted molar refractivity (Wildman–Crippen MR) is 137 cm³/mol. The number of rotatable bonds is 8. The van der Waals surface area contributed by atoms with E-state index in [2.05, 4.69) is 0 Å². The van der Waals surface area contributed by atoms with Crippen molar-refractivity contribution in [3.8, 4) is 17.2 Å². The third-order valence-electron chi connectivity index (χ3n) is 5.42. The molecule has 0 radical (unpaired) electrons. The Labute approximate surface area is 212 Å². The molecule has 1 saturated heterocycles. The Hall–Kier alpha value is -4.24. The number of aromatic carboxylic acids is 1. The number of aliphatic imine (C=N–C) groups is 1. The molecule has 4 rings (SSSR count). The van der Waals surface area contributed by atoms with E-state index in [0.717, 1.165) is 5.56 Å². The van der Waals surface area contributed by atoms with Crippen LogP contribution in [0.25, 0.3) is 6.08 Å². The van der Waals surface area contributed by atoms with E-state index < -0.39 is 5.97 Å². The average Bonchev–Trinajstić information content (AvgIpc) is 3.17. The molecule has 3 aromatic rings. The Balaban J connectivity index is 1.73. The van der Waals surface area contributed by atoms with E-state index >= 15 is 0 Å². The Bertz CT molecular complexity index is 1340. The molecular weight excluding hydrogens is 480 g/mol. The molecule has 1 fully saturated rings. The lowest BCUT2D eigenvalue weighted by Gasteiger charge is -2.16. The largest absolute Gasteiger partial charge is 0.545 e. The summed E-state index contributed by atoms with van der Waals surface area (Å²) in [5.74, 6) is -0.122. The molecule has 9 heteroatoms. The molecule has 36 heavy (non-hydrogen) atoms. The molecule has 1 aliphatic rings. The summed E-state index contributed by atoms with van der Waals surface area (Å²) < 4.78 is 16.4. The Kier molecular flexibility index (Phi) is 7.60. The second-order valence-electron chi connectivity index (χ2n) is 7.64. The molecule has 0 bridgehead atoms. The van der Waals surface area contributed by atoms with Gasteiger partial charge in [0.05, 0.1) is 44.4 Å². The van der Waals surface area contributed by atoms with E-state index in [1.165, 1.54) is 45.2 Å². The van der Waals surface area contributed by atoms with Crippen molar-refractivity contribution in [2.75, 3.05) is 21.3 Å². The fourth-order valence-electron chi connectivity index (χ4n) is 3.65. The van der Waals surface area contributed by atoms with E-state index in [-0.39, 0.29) is 18.0 Å². The first-order valence-corrected chi connectivity index (χ1v) is 11.7. The van der Waals surface area contributed by atoms with Crippen LogP contribution in [0.4, 0.5) is 5.69 Å². The van der Waals surface area contributed by atoms with E-state index in [1.54, 1.807) is 35.2 Å². The van der Waals surface area contributed by atoms with E-state index in [1.807, 2.05) is 30.3 Å². The summed E-state index contributed by atoms with van der Waals surface area (Å²) in [6.07, 6.45) is 1.73. The van der Waals surface area contributed by atoms with Crippen LogP contribution < -0.4 is 19.3 Å². The zero-order chi connectivity index (χ0) is 25.7. The number of ether oxygens (including phenoxy) is 3. The van der Waals surface area contributed by atoms with Gasteiger partial charge in [-0.1, -0.05) is 42.5 Å². The van der Waals surface area contributed by atoms with Gasteiger partial charge < -0.3 is 24.1 Å². The van der Waals surface area contributed by atoms with Crippen LogP contribution in [0, 0.1) is 0 Å². The van der Waals surface area contributed by atoms with Crippen LogP contribution in [0.5, 0.6) is 17.2 Å². The number of nitrogens with zero attached hydrogens (tertiary/aromatic N) is 2. The monoisotopic (exact) mass is 503 g/mol. The van der Waals surface area contributed by atoms with Crippen molar-refractivity contribution < 1.29 is 28.9 Å². The smallest absolute Gasteiger partial charge is 0.267 e. The van der Waals surface area contributed by atoms with Crippen LogP contribution in [0.1, 0.15) is 21.5 Å². The lowest BCUT2D eigenvalue weighted by Crippen LogP contribution is -2.28. The summed E-state index contributed by atoms with van der Waals surface area (Å²) >= 11 is 1.24. The first-order valence-electron chi connectivity index (χ1n) is 10.9. The molecular formula is C27H23N2O6S-. The van der Waals surface area contributed by atoms with Crippen molar-refractivity contribution in [3.05, 3.63) is 88.3 Å². The Morgan fingerprint density at radius 1 is 0.944 bits per heavy atom. The van der Waals surface area contributed by atoms with Gasteiger partial charge in [-0.25, -0.2) is 4.99 Å². The maximum atomic E-state index is 13.5. The molecule has 0 unspecified atom stereocenters. The van der Waals surface area contributed by atoms with Crippen LogP contribution in [0.15, 0.2) is 76.6 Å². The number of para-hydroxylation sites is 1. The second-order valence-corrected chi connectivity index (χ2v) is 8.65. The molecule has 0 N–H and O–H groups in total. The van der Waals surface area contributed by atoms with E-state index in [4.69, 9.17) is 19.2 Å². The summed E-state index contributed by atoms with van der Waals surface area (Å²) in [6.45, 7) is 0.214. The number of thioether (sulfide) groups is 1. The van der Waals surface area contributed by atoms with Gasteiger partial charge in [-0.2, -0.15) is 0 Å². The minimum Gasteiger partial charge on any atom is -0.545 e. The topological polar surface area (TPSA) is 100 Å².